The van der Waals surface area contributed by atoms with Crippen LogP contribution in [0.4, 0.5) is 0 Å². The molecule has 28 heavy (non-hydrogen) atoms. The number of rotatable bonds is 7. The van der Waals surface area contributed by atoms with Crippen molar-refractivity contribution >= 4 is 22.7 Å². The Morgan fingerprint density at radius 1 is 1.11 bits per heavy atom. The maximum atomic E-state index is 12.2. The highest BCUT2D eigenvalue weighted by molar-refractivity contribution is 7.98. The Morgan fingerprint density at radius 2 is 1.93 bits per heavy atom. The van der Waals surface area contributed by atoms with Crippen LogP contribution in [0, 0.1) is 0 Å². The fourth-order valence-corrected chi connectivity index (χ4v) is 3.71. The van der Waals surface area contributed by atoms with Crippen LogP contribution in [0.1, 0.15) is 31.2 Å². The van der Waals surface area contributed by atoms with Gasteiger partial charge in [0, 0.05) is 0 Å². The molecule has 4 aromatic rings. The Kier molecular flexibility index (Phi) is 5.48. The number of para-hydroxylation sites is 1. The molecule has 0 amide bonds. The van der Waals surface area contributed by atoms with E-state index >= 15 is 0 Å². The third kappa shape index (κ3) is 3.96. The van der Waals surface area contributed by atoms with Gasteiger partial charge < -0.3 is 4.98 Å². The highest BCUT2D eigenvalue weighted by Gasteiger charge is 2.11. The summed E-state index contributed by atoms with van der Waals surface area (Å²) in [5, 5.41) is 13.2. The largest absolute Gasteiger partial charge is 0.309 e. The quantitative estimate of drug-likeness (QED) is 0.484. The van der Waals surface area contributed by atoms with Crippen LogP contribution in [0.25, 0.3) is 16.6 Å². The molecule has 0 saturated carbocycles. The summed E-state index contributed by atoms with van der Waals surface area (Å²) >= 11 is 1.43. The number of thioether (sulfide) groups is 1. The first-order valence-corrected chi connectivity index (χ1v) is 10.2. The van der Waals surface area contributed by atoms with E-state index in [0.717, 1.165) is 12.1 Å². The molecule has 0 atom stereocenters. The molecule has 0 fully saturated rings. The molecule has 1 N–H and O–H groups in total. The highest BCUT2D eigenvalue weighted by atomic mass is 32.2. The Bertz CT molecular complexity index is 1140. The van der Waals surface area contributed by atoms with Crippen molar-refractivity contribution in [3.63, 3.8) is 0 Å². The third-order valence-electron chi connectivity index (χ3n) is 4.44. The van der Waals surface area contributed by atoms with Crippen molar-refractivity contribution < 1.29 is 0 Å². The van der Waals surface area contributed by atoms with Gasteiger partial charge in [-0.2, -0.15) is 4.68 Å². The van der Waals surface area contributed by atoms with Gasteiger partial charge in [-0.25, -0.2) is 4.98 Å². The van der Waals surface area contributed by atoms with Crippen molar-refractivity contribution in [1.29, 1.82) is 0 Å². The van der Waals surface area contributed by atoms with Crippen molar-refractivity contribution in [2.75, 3.05) is 0 Å². The summed E-state index contributed by atoms with van der Waals surface area (Å²) in [7, 11) is 0. The lowest BCUT2D eigenvalue weighted by atomic mass is 10.1. The standard InChI is InChI=1S/C20H20N6OS/c1-2-3-6-14-9-11-15(12-10-14)26-20(23-24-25-26)28-13-18-21-17-8-5-4-7-16(17)19(27)22-18/h4-5,7-12H,2-3,6,13H2,1H3,(H,21,22,27). The molecule has 0 spiro atoms. The molecule has 7 nitrogen and oxygen atoms in total. The van der Waals surface area contributed by atoms with Crippen LogP contribution >= 0.6 is 11.8 Å². The molecule has 142 valence electrons. The Balaban J connectivity index is 1.51. The fourth-order valence-electron chi connectivity index (χ4n) is 2.95. The van der Waals surface area contributed by atoms with E-state index in [-0.39, 0.29) is 5.56 Å². The van der Waals surface area contributed by atoms with E-state index in [9.17, 15) is 4.79 Å². The number of benzene rings is 2. The fraction of sp³-hybridized carbons (Fsp3) is 0.250. The molecular formula is C20H20N6OS. The van der Waals surface area contributed by atoms with Crippen LogP contribution in [0.5, 0.6) is 0 Å². The van der Waals surface area contributed by atoms with E-state index < -0.39 is 0 Å². The van der Waals surface area contributed by atoms with Gasteiger partial charge in [-0.3, -0.25) is 4.79 Å². The van der Waals surface area contributed by atoms with E-state index in [1.807, 2.05) is 30.3 Å². The summed E-state index contributed by atoms with van der Waals surface area (Å²) in [6.45, 7) is 2.19. The Morgan fingerprint density at radius 3 is 2.75 bits per heavy atom. The SMILES string of the molecule is CCCCc1ccc(-n2nnnc2SCc2nc3ccccc3c(=O)[nH]2)cc1. The third-order valence-corrected chi connectivity index (χ3v) is 5.37. The maximum absolute atomic E-state index is 12.2. The molecule has 0 bridgehead atoms. The number of H-pyrrole nitrogens is 1. The number of tetrazole rings is 1. The number of nitrogens with zero attached hydrogens (tertiary/aromatic N) is 5. The van der Waals surface area contributed by atoms with E-state index in [2.05, 4.69) is 44.5 Å². The van der Waals surface area contributed by atoms with Crippen LogP contribution in [0.15, 0.2) is 58.5 Å². The summed E-state index contributed by atoms with van der Waals surface area (Å²) < 4.78 is 1.70. The number of hydrogen-bond acceptors (Lipinski definition) is 6. The normalized spacial score (nSPS) is 11.2. The zero-order valence-electron chi connectivity index (χ0n) is 15.5. The van der Waals surface area contributed by atoms with Gasteiger partial charge >= 0.3 is 0 Å². The summed E-state index contributed by atoms with van der Waals surface area (Å²) in [4.78, 5) is 19.6. The van der Waals surface area contributed by atoms with Gasteiger partial charge in [0.15, 0.2) is 0 Å². The lowest BCUT2D eigenvalue weighted by molar-refractivity contribution is 0.753. The minimum absolute atomic E-state index is 0.136. The molecule has 4 rings (SSSR count). The molecule has 2 aromatic carbocycles. The van der Waals surface area contributed by atoms with Gasteiger partial charge in [0.25, 0.3) is 5.56 Å². The first kappa shape index (κ1) is 18.4. The number of aromatic nitrogens is 6. The van der Waals surface area contributed by atoms with Crippen LogP contribution in [-0.4, -0.2) is 30.2 Å². The summed E-state index contributed by atoms with van der Waals surface area (Å²) in [5.41, 5.74) is 2.77. The molecule has 2 heterocycles. The van der Waals surface area contributed by atoms with Crippen molar-refractivity contribution in [2.45, 2.75) is 37.1 Å². The topological polar surface area (TPSA) is 89.3 Å². The first-order chi connectivity index (χ1) is 13.7. The zero-order chi connectivity index (χ0) is 19.3. The van der Waals surface area contributed by atoms with Crippen molar-refractivity contribution in [1.82, 2.24) is 30.2 Å². The van der Waals surface area contributed by atoms with E-state index in [4.69, 9.17) is 0 Å². The minimum atomic E-state index is -0.136. The molecule has 0 aliphatic heterocycles. The second-order valence-electron chi connectivity index (χ2n) is 6.46. The summed E-state index contributed by atoms with van der Waals surface area (Å²) in [6.07, 6.45) is 3.44. The Labute approximate surface area is 166 Å². The number of aryl methyl sites for hydroxylation is 1. The van der Waals surface area contributed by atoms with E-state index in [1.54, 1.807) is 10.7 Å². The second kappa shape index (κ2) is 8.35. The Hall–Kier alpha value is -3.00. The first-order valence-electron chi connectivity index (χ1n) is 9.23. The van der Waals surface area contributed by atoms with Crippen LogP contribution < -0.4 is 5.56 Å². The van der Waals surface area contributed by atoms with Gasteiger partial charge in [0.1, 0.15) is 5.82 Å². The van der Waals surface area contributed by atoms with Crippen molar-refractivity contribution in [3.8, 4) is 5.69 Å². The molecule has 8 heteroatoms. The smallest absolute Gasteiger partial charge is 0.258 e. The number of hydrogen-bond donors (Lipinski definition) is 1. The number of nitrogens with one attached hydrogen (secondary N) is 1. The molecule has 0 radical (unpaired) electrons. The van der Waals surface area contributed by atoms with Crippen LogP contribution in [-0.2, 0) is 12.2 Å². The average molecular weight is 392 g/mol. The van der Waals surface area contributed by atoms with E-state index in [1.165, 1.54) is 30.2 Å². The molecule has 0 aliphatic rings. The van der Waals surface area contributed by atoms with Crippen molar-refractivity contribution in [2.24, 2.45) is 0 Å². The molecule has 2 aromatic heterocycles. The van der Waals surface area contributed by atoms with E-state index in [0.29, 0.717) is 27.6 Å². The summed E-state index contributed by atoms with van der Waals surface area (Å²) in [5.74, 6) is 1.06. The van der Waals surface area contributed by atoms with Gasteiger partial charge in [-0.15, -0.1) is 5.10 Å². The van der Waals surface area contributed by atoms with Gasteiger partial charge in [0.2, 0.25) is 5.16 Å². The predicted molar refractivity (Wildman–Crippen MR) is 110 cm³/mol. The number of aromatic amines is 1. The second-order valence-corrected chi connectivity index (χ2v) is 7.40. The maximum Gasteiger partial charge on any atom is 0.258 e. The lowest BCUT2D eigenvalue weighted by Gasteiger charge is -2.06. The summed E-state index contributed by atoms with van der Waals surface area (Å²) in [6, 6.07) is 15.6. The van der Waals surface area contributed by atoms with Crippen LogP contribution in [0.3, 0.4) is 0 Å². The predicted octanol–water partition coefficient (Wildman–Crippen LogP) is 3.53. The molecule has 0 unspecified atom stereocenters. The van der Waals surface area contributed by atoms with Gasteiger partial charge in [0.05, 0.1) is 22.3 Å². The van der Waals surface area contributed by atoms with Gasteiger partial charge in [-0.05, 0) is 53.1 Å². The monoisotopic (exact) mass is 392 g/mol. The number of fused-ring (bicyclic) bond motifs is 1. The molecule has 0 aliphatic carbocycles. The highest BCUT2D eigenvalue weighted by Crippen LogP contribution is 2.22. The van der Waals surface area contributed by atoms with Crippen molar-refractivity contribution in [3.05, 3.63) is 70.3 Å². The zero-order valence-corrected chi connectivity index (χ0v) is 16.3. The lowest BCUT2D eigenvalue weighted by Crippen LogP contribution is -2.11. The van der Waals surface area contributed by atoms with Crippen LogP contribution in [0.2, 0.25) is 0 Å². The molecule has 0 saturated heterocycles. The minimum Gasteiger partial charge on any atom is -0.309 e. The molecular weight excluding hydrogens is 372 g/mol. The van der Waals surface area contributed by atoms with Gasteiger partial charge in [-0.1, -0.05) is 49.4 Å². The number of unbranched alkanes of at least 4 members (excludes halogenated alkanes) is 1. The average Bonchev–Trinajstić information content (AvgIpc) is 3.20.